The third kappa shape index (κ3) is 4.16. The molecule has 0 aliphatic carbocycles. The Morgan fingerprint density at radius 2 is 2.00 bits per heavy atom. The Balaban J connectivity index is 1.91. The maximum absolute atomic E-state index is 12.0. The number of nitro benzene ring substituents is 1. The molecule has 0 saturated carbocycles. The molecule has 1 aliphatic heterocycles. The lowest BCUT2D eigenvalue weighted by atomic mass is 10.1. The van der Waals surface area contributed by atoms with Gasteiger partial charge < -0.3 is 0 Å². The SMILES string of the molecule is O=C(CSC1=NCCCCC1)c1ccc([N+](=O)[O-])cc1. The lowest BCUT2D eigenvalue weighted by Gasteiger charge is -2.03. The lowest BCUT2D eigenvalue weighted by molar-refractivity contribution is -0.384. The van der Waals surface area contributed by atoms with E-state index in [1.54, 1.807) is 0 Å². The van der Waals surface area contributed by atoms with Gasteiger partial charge in [-0.15, -0.1) is 11.8 Å². The second-order valence-corrected chi connectivity index (χ2v) is 5.65. The van der Waals surface area contributed by atoms with Crippen LogP contribution in [0.4, 0.5) is 5.69 Å². The zero-order chi connectivity index (χ0) is 14.4. The Hall–Kier alpha value is -1.69. The Labute approximate surface area is 121 Å². The second-order valence-electron chi connectivity index (χ2n) is 4.60. The van der Waals surface area contributed by atoms with Crippen molar-refractivity contribution < 1.29 is 9.72 Å². The van der Waals surface area contributed by atoms with E-state index in [0.717, 1.165) is 30.9 Å². The van der Waals surface area contributed by atoms with Crippen LogP contribution in [0.3, 0.4) is 0 Å². The van der Waals surface area contributed by atoms with Gasteiger partial charge in [-0.3, -0.25) is 19.9 Å². The first-order valence-corrected chi connectivity index (χ1v) is 7.59. The third-order valence-corrected chi connectivity index (χ3v) is 4.18. The number of rotatable bonds is 4. The number of nitrogens with zero attached hydrogens (tertiary/aromatic N) is 2. The van der Waals surface area contributed by atoms with Crippen LogP contribution in [-0.2, 0) is 0 Å². The molecule has 0 saturated heterocycles. The van der Waals surface area contributed by atoms with E-state index in [1.165, 1.54) is 42.4 Å². The molecule has 20 heavy (non-hydrogen) atoms. The first-order valence-electron chi connectivity index (χ1n) is 6.60. The molecule has 0 amide bonds. The number of nitro groups is 1. The van der Waals surface area contributed by atoms with Gasteiger partial charge in [0, 0.05) is 24.2 Å². The van der Waals surface area contributed by atoms with Crippen LogP contribution in [0.15, 0.2) is 29.3 Å². The fraction of sp³-hybridized carbons (Fsp3) is 0.429. The predicted molar refractivity (Wildman–Crippen MR) is 80.7 cm³/mol. The number of carbonyl (C=O) groups is 1. The number of carbonyl (C=O) groups excluding carboxylic acids is 1. The minimum Gasteiger partial charge on any atom is -0.293 e. The van der Waals surface area contributed by atoms with Gasteiger partial charge in [-0.05, 0) is 31.4 Å². The number of Topliss-reactive ketones (excluding diaryl/α,β-unsaturated/α-hetero) is 1. The summed E-state index contributed by atoms with van der Waals surface area (Å²) in [5, 5.41) is 11.6. The number of aliphatic imine (C=N–C) groups is 1. The highest BCUT2D eigenvalue weighted by Crippen LogP contribution is 2.18. The molecular formula is C14H16N2O3S. The van der Waals surface area contributed by atoms with Crippen molar-refractivity contribution in [3.05, 3.63) is 39.9 Å². The van der Waals surface area contributed by atoms with E-state index >= 15 is 0 Å². The van der Waals surface area contributed by atoms with Crippen LogP contribution in [0.5, 0.6) is 0 Å². The summed E-state index contributed by atoms with van der Waals surface area (Å²) < 4.78 is 0. The van der Waals surface area contributed by atoms with Gasteiger partial charge in [0.1, 0.15) is 0 Å². The minimum atomic E-state index is -0.469. The van der Waals surface area contributed by atoms with Gasteiger partial charge >= 0.3 is 0 Å². The Kier molecular flexibility index (Phi) is 5.29. The first kappa shape index (κ1) is 14.7. The predicted octanol–water partition coefficient (Wildman–Crippen LogP) is 3.48. The molecule has 0 aromatic heterocycles. The van der Waals surface area contributed by atoms with Crippen molar-refractivity contribution in [1.82, 2.24) is 0 Å². The van der Waals surface area contributed by atoms with E-state index in [9.17, 15) is 14.9 Å². The van der Waals surface area contributed by atoms with Crippen molar-refractivity contribution in [1.29, 1.82) is 0 Å². The summed E-state index contributed by atoms with van der Waals surface area (Å²) in [7, 11) is 0. The molecule has 106 valence electrons. The van der Waals surface area contributed by atoms with Crippen LogP contribution in [0.2, 0.25) is 0 Å². The molecule has 0 N–H and O–H groups in total. The molecule has 0 bridgehead atoms. The van der Waals surface area contributed by atoms with E-state index in [-0.39, 0.29) is 11.5 Å². The number of benzene rings is 1. The van der Waals surface area contributed by atoms with E-state index in [4.69, 9.17) is 0 Å². The molecule has 1 aliphatic rings. The van der Waals surface area contributed by atoms with Crippen LogP contribution in [-0.4, -0.2) is 28.0 Å². The summed E-state index contributed by atoms with van der Waals surface area (Å²) in [4.78, 5) is 26.6. The van der Waals surface area contributed by atoms with E-state index in [0.29, 0.717) is 11.3 Å². The van der Waals surface area contributed by atoms with Crippen LogP contribution in [0.1, 0.15) is 36.0 Å². The summed E-state index contributed by atoms with van der Waals surface area (Å²) in [6, 6.07) is 5.74. The number of hydrogen-bond acceptors (Lipinski definition) is 5. The van der Waals surface area contributed by atoms with Gasteiger partial charge in [-0.1, -0.05) is 6.42 Å². The lowest BCUT2D eigenvalue weighted by Crippen LogP contribution is -2.05. The zero-order valence-corrected chi connectivity index (χ0v) is 11.9. The standard InChI is InChI=1S/C14H16N2O3S/c17-13(10-20-14-4-2-1-3-9-15-14)11-5-7-12(8-6-11)16(18)19/h5-8H,1-4,9-10H2. The maximum Gasteiger partial charge on any atom is 0.269 e. The minimum absolute atomic E-state index is 0.00217. The zero-order valence-electron chi connectivity index (χ0n) is 11.1. The smallest absolute Gasteiger partial charge is 0.269 e. The molecule has 1 aromatic carbocycles. The quantitative estimate of drug-likeness (QED) is 0.484. The maximum atomic E-state index is 12.0. The molecule has 1 heterocycles. The second kappa shape index (κ2) is 7.19. The van der Waals surface area contributed by atoms with Crippen molar-refractivity contribution in [2.45, 2.75) is 25.7 Å². The van der Waals surface area contributed by atoms with Gasteiger partial charge in [-0.2, -0.15) is 0 Å². The molecule has 6 heteroatoms. The molecule has 5 nitrogen and oxygen atoms in total. The summed E-state index contributed by atoms with van der Waals surface area (Å²) >= 11 is 1.49. The van der Waals surface area contributed by atoms with Crippen molar-refractivity contribution in [2.24, 2.45) is 4.99 Å². The van der Waals surface area contributed by atoms with Crippen LogP contribution >= 0.6 is 11.8 Å². The van der Waals surface area contributed by atoms with Crippen molar-refractivity contribution in [2.75, 3.05) is 12.3 Å². The van der Waals surface area contributed by atoms with Gasteiger partial charge in [0.2, 0.25) is 0 Å². The topological polar surface area (TPSA) is 72.6 Å². The molecule has 0 atom stereocenters. The summed E-state index contributed by atoms with van der Waals surface area (Å²) in [6.07, 6.45) is 4.42. The first-order chi connectivity index (χ1) is 9.66. The number of non-ortho nitro benzene ring substituents is 1. The summed E-state index contributed by atoms with van der Waals surface area (Å²) in [6.45, 7) is 0.855. The fourth-order valence-electron chi connectivity index (χ4n) is 1.97. The molecule has 0 radical (unpaired) electrons. The molecule has 1 aromatic rings. The molecule has 0 fully saturated rings. The van der Waals surface area contributed by atoms with Crippen LogP contribution in [0.25, 0.3) is 0 Å². The number of ketones is 1. The van der Waals surface area contributed by atoms with Crippen molar-refractivity contribution in [3.8, 4) is 0 Å². The number of hydrogen-bond donors (Lipinski definition) is 0. The Morgan fingerprint density at radius 1 is 1.25 bits per heavy atom. The number of thioether (sulfide) groups is 1. The highest BCUT2D eigenvalue weighted by molar-refractivity contribution is 8.14. The fourth-order valence-corrected chi connectivity index (χ4v) is 2.90. The van der Waals surface area contributed by atoms with Crippen LogP contribution < -0.4 is 0 Å². The summed E-state index contributed by atoms with van der Waals surface area (Å²) in [5.74, 6) is 0.327. The Bertz CT molecular complexity index is 526. The third-order valence-electron chi connectivity index (χ3n) is 3.11. The largest absolute Gasteiger partial charge is 0.293 e. The van der Waals surface area contributed by atoms with E-state index in [2.05, 4.69) is 4.99 Å². The normalized spacial score (nSPS) is 15.3. The molecule has 0 spiro atoms. The van der Waals surface area contributed by atoms with Crippen molar-refractivity contribution in [3.63, 3.8) is 0 Å². The molecule has 2 rings (SSSR count). The summed E-state index contributed by atoms with van der Waals surface area (Å²) in [5.41, 5.74) is 0.514. The average molecular weight is 292 g/mol. The van der Waals surface area contributed by atoms with E-state index in [1.807, 2.05) is 0 Å². The van der Waals surface area contributed by atoms with E-state index < -0.39 is 4.92 Å². The van der Waals surface area contributed by atoms with Crippen molar-refractivity contribution >= 4 is 28.3 Å². The van der Waals surface area contributed by atoms with Gasteiger partial charge in [0.05, 0.1) is 15.7 Å². The molecule has 0 unspecified atom stereocenters. The average Bonchev–Trinajstić information content (AvgIpc) is 2.73. The highest BCUT2D eigenvalue weighted by atomic mass is 32.2. The Morgan fingerprint density at radius 3 is 2.70 bits per heavy atom. The van der Waals surface area contributed by atoms with Crippen LogP contribution in [0, 0.1) is 10.1 Å². The molecular weight excluding hydrogens is 276 g/mol. The monoisotopic (exact) mass is 292 g/mol. The van der Waals surface area contributed by atoms with Gasteiger partial charge in [-0.25, -0.2) is 0 Å². The highest BCUT2D eigenvalue weighted by Gasteiger charge is 2.12. The van der Waals surface area contributed by atoms with Gasteiger partial charge in [0.15, 0.2) is 5.78 Å². The van der Waals surface area contributed by atoms with Gasteiger partial charge in [0.25, 0.3) is 5.69 Å².